The van der Waals surface area contributed by atoms with Crippen LogP contribution in [0.5, 0.6) is 5.75 Å². The van der Waals surface area contributed by atoms with Crippen molar-refractivity contribution in [2.24, 2.45) is 10.7 Å². The quantitative estimate of drug-likeness (QED) is 0.673. The minimum Gasteiger partial charge on any atom is -0.497 e. The average molecular weight is 301 g/mol. The lowest BCUT2D eigenvalue weighted by Gasteiger charge is -2.05. The number of benzene rings is 1. The normalized spacial score (nSPS) is 11.4. The fourth-order valence-electron chi connectivity index (χ4n) is 1.80. The van der Waals surface area contributed by atoms with Gasteiger partial charge in [-0.15, -0.1) is 0 Å². The van der Waals surface area contributed by atoms with Gasteiger partial charge in [-0.05, 0) is 24.6 Å². The summed E-state index contributed by atoms with van der Waals surface area (Å²) in [5.41, 5.74) is 8.58. The second-order valence-electron chi connectivity index (χ2n) is 4.43. The topological polar surface area (TPSA) is 60.5 Å². The van der Waals surface area contributed by atoms with E-state index in [-0.39, 0.29) is 0 Å². The van der Waals surface area contributed by atoms with E-state index in [9.17, 15) is 0 Å². The van der Waals surface area contributed by atoms with Crippen LogP contribution in [0.3, 0.4) is 0 Å². The predicted octanol–water partition coefficient (Wildman–Crippen LogP) is 3.85. The summed E-state index contributed by atoms with van der Waals surface area (Å²) in [6, 6.07) is 11.6. The number of amidine groups is 1. The van der Waals surface area contributed by atoms with Crippen LogP contribution in [-0.2, 0) is 0 Å². The molecule has 2 rings (SSSR count). The molecule has 1 heterocycles. The second kappa shape index (κ2) is 7.69. The SMILES string of the molecule is CCCSC(N)=Nc1cccc(-c2cc(OC)ccn2)c1. The lowest BCUT2D eigenvalue weighted by Crippen LogP contribution is -2.06. The van der Waals surface area contributed by atoms with Crippen LogP contribution in [0.4, 0.5) is 5.69 Å². The number of ether oxygens (including phenoxy) is 1. The summed E-state index contributed by atoms with van der Waals surface area (Å²) in [6.07, 6.45) is 2.81. The predicted molar refractivity (Wildman–Crippen MR) is 90.3 cm³/mol. The Morgan fingerprint density at radius 1 is 1.33 bits per heavy atom. The van der Waals surface area contributed by atoms with Crippen molar-refractivity contribution in [2.75, 3.05) is 12.9 Å². The third-order valence-corrected chi connectivity index (χ3v) is 3.80. The van der Waals surface area contributed by atoms with Gasteiger partial charge in [-0.25, -0.2) is 4.99 Å². The van der Waals surface area contributed by atoms with E-state index in [0.29, 0.717) is 5.17 Å². The van der Waals surface area contributed by atoms with Gasteiger partial charge in [-0.2, -0.15) is 0 Å². The zero-order valence-electron chi connectivity index (χ0n) is 12.2. The summed E-state index contributed by atoms with van der Waals surface area (Å²) in [5, 5.41) is 0.590. The molecule has 0 aliphatic rings. The molecule has 1 aromatic heterocycles. The minimum absolute atomic E-state index is 0.590. The van der Waals surface area contributed by atoms with Gasteiger partial charge in [0.05, 0.1) is 18.5 Å². The molecule has 1 aromatic carbocycles. The number of methoxy groups -OCH3 is 1. The van der Waals surface area contributed by atoms with Gasteiger partial charge >= 0.3 is 0 Å². The lowest BCUT2D eigenvalue weighted by molar-refractivity contribution is 0.414. The smallest absolute Gasteiger partial charge is 0.159 e. The van der Waals surface area contributed by atoms with Crippen LogP contribution in [0.25, 0.3) is 11.3 Å². The molecule has 0 aliphatic carbocycles. The molecule has 2 N–H and O–H groups in total. The minimum atomic E-state index is 0.590. The molecule has 0 radical (unpaired) electrons. The van der Waals surface area contributed by atoms with Crippen LogP contribution >= 0.6 is 11.8 Å². The van der Waals surface area contributed by atoms with Crippen molar-refractivity contribution in [1.29, 1.82) is 0 Å². The zero-order chi connectivity index (χ0) is 15.1. The van der Waals surface area contributed by atoms with Crippen LogP contribution in [0.2, 0.25) is 0 Å². The summed E-state index contributed by atoms with van der Waals surface area (Å²) in [5.74, 6) is 1.76. The first-order chi connectivity index (χ1) is 10.2. The number of nitrogens with two attached hydrogens (primary N) is 1. The van der Waals surface area contributed by atoms with E-state index in [0.717, 1.165) is 34.9 Å². The Balaban J connectivity index is 2.24. The number of pyridine rings is 1. The van der Waals surface area contributed by atoms with Crippen LogP contribution in [0.1, 0.15) is 13.3 Å². The van der Waals surface area contributed by atoms with Crippen molar-refractivity contribution < 1.29 is 4.74 Å². The molecule has 110 valence electrons. The fraction of sp³-hybridized carbons (Fsp3) is 0.250. The van der Waals surface area contributed by atoms with Crippen molar-refractivity contribution in [2.45, 2.75) is 13.3 Å². The van der Waals surface area contributed by atoms with Crippen LogP contribution in [0.15, 0.2) is 47.6 Å². The molecule has 2 aromatic rings. The molecule has 0 bridgehead atoms. The Morgan fingerprint density at radius 2 is 2.19 bits per heavy atom. The summed E-state index contributed by atoms with van der Waals surface area (Å²) >= 11 is 1.57. The number of hydrogen-bond acceptors (Lipinski definition) is 4. The summed E-state index contributed by atoms with van der Waals surface area (Å²) < 4.78 is 5.22. The number of thioether (sulfide) groups is 1. The molecular formula is C16H19N3OS. The summed E-state index contributed by atoms with van der Waals surface area (Å²) in [7, 11) is 1.64. The van der Waals surface area contributed by atoms with Crippen molar-refractivity contribution in [3.63, 3.8) is 0 Å². The van der Waals surface area contributed by atoms with Crippen LogP contribution in [-0.4, -0.2) is 23.0 Å². The van der Waals surface area contributed by atoms with Gasteiger partial charge in [0.15, 0.2) is 5.17 Å². The van der Waals surface area contributed by atoms with Gasteiger partial charge in [0.1, 0.15) is 5.75 Å². The maximum Gasteiger partial charge on any atom is 0.159 e. The largest absolute Gasteiger partial charge is 0.497 e. The van der Waals surface area contributed by atoms with Gasteiger partial charge < -0.3 is 10.5 Å². The molecule has 0 saturated heterocycles. The highest BCUT2D eigenvalue weighted by Gasteiger charge is 2.03. The molecule has 0 fully saturated rings. The lowest BCUT2D eigenvalue weighted by atomic mass is 10.1. The van der Waals surface area contributed by atoms with E-state index in [1.807, 2.05) is 36.4 Å². The summed E-state index contributed by atoms with van der Waals surface area (Å²) in [4.78, 5) is 8.79. The van der Waals surface area contributed by atoms with Gasteiger partial charge in [0.25, 0.3) is 0 Å². The van der Waals surface area contributed by atoms with Crippen molar-refractivity contribution in [1.82, 2.24) is 4.98 Å². The number of rotatable bonds is 5. The molecule has 21 heavy (non-hydrogen) atoms. The summed E-state index contributed by atoms with van der Waals surface area (Å²) in [6.45, 7) is 2.12. The molecule has 0 aliphatic heterocycles. The first-order valence-corrected chi connectivity index (χ1v) is 7.79. The molecular weight excluding hydrogens is 282 g/mol. The molecule has 0 unspecified atom stereocenters. The number of aromatic nitrogens is 1. The maximum atomic E-state index is 5.90. The molecule has 0 amide bonds. The standard InChI is InChI=1S/C16H19N3OS/c1-3-9-21-16(17)19-13-6-4-5-12(10-13)15-11-14(20-2)7-8-18-15/h4-8,10-11H,3,9H2,1-2H3,(H2,17,19). The number of hydrogen-bond donors (Lipinski definition) is 1. The van der Waals surface area contributed by atoms with E-state index >= 15 is 0 Å². The molecule has 0 saturated carbocycles. The third kappa shape index (κ3) is 4.49. The monoisotopic (exact) mass is 301 g/mol. The fourth-order valence-corrected chi connectivity index (χ4v) is 2.38. The van der Waals surface area contributed by atoms with E-state index in [4.69, 9.17) is 10.5 Å². The molecule has 0 atom stereocenters. The van der Waals surface area contributed by atoms with Crippen molar-refractivity contribution >= 4 is 22.6 Å². The van der Waals surface area contributed by atoms with Crippen LogP contribution < -0.4 is 10.5 Å². The van der Waals surface area contributed by atoms with Gasteiger partial charge in [0, 0.05) is 23.6 Å². The Kier molecular flexibility index (Phi) is 5.63. The Labute approximate surface area is 129 Å². The van der Waals surface area contributed by atoms with Gasteiger partial charge in [0.2, 0.25) is 0 Å². The highest BCUT2D eigenvalue weighted by atomic mass is 32.2. The molecule has 5 heteroatoms. The highest BCUT2D eigenvalue weighted by Crippen LogP contribution is 2.25. The second-order valence-corrected chi connectivity index (χ2v) is 5.54. The molecule has 4 nitrogen and oxygen atoms in total. The van der Waals surface area contributed by atoms with E-state index < -0.39 is 0 Å². The van der Waals surface area contributed by atoms with E-state index in [2.05, 4.69) is 16.9 Å². The zero-order valence-corrected chi connectivity index (χ0v) is 13.1. The van der Waals surface area contributed by atoms with E-state index in [1.54, 1.807) is 25.1 Å². The molecule has 0 spiro atoms. The van der Waals surface area contributed by atoms with E-state index in [1.165, 1.54) is 0 Å². The number of nitrogens with zero attached hydrogens (tertiary/aromatic N) is 2. The highest BCUT2D eigenvalue weighted by molar-refractivity contribution is 8.13. The van der Waals surface area contributed by atoms with Crippen molar-refractivity contribution in [3.8, 4) is 17.0 Å². The van der Waals surface area contributed by atoms with Crippen molar-refractivity contribution in [3.05, 3.63) is 42.6 Å². The van der Waals surface area contributed by atoms with Gasteiger partial charge in [-0.1, -0.05) is 30.8 Å². The van der Waals surface area contributed by atoms with Crippen LogP contribution in [0, 0.1) is 0 Å². The third-order valence-electron chi connectivity index (χ3n) is 2.80. The first kappa shape index (κ1) is 15.4. The Bertz CT molecular complexity index is 628. The maximum absolute atomic E-state index is 5.90. The Morgan fingerprint density at radius 3 is 2.95 bits per heavy atom. The van der Waals surface area contributed by atoms with Gasteiger partial charge in [-0.3, -0.25) is 4.98 Å². The first-order valence-electron chi connectivity index (χ1n) is 6.80. The number of aliphatic imine (C=N–C) groups is 1. The average Bonchev–Trinajstić information content (AvgIpc) is 2.53. The Hall–Kier alpha value is -2.01.